The van der Waals surface area contributed by atoms with Crippen LogP contribution in [0.15, 0.2) is 59.1 Å². The van der Waals surface area contributed by atoms with Crippen LogP contribution in [0, 0.1) is 11.3 Å². The van der Waals surface area contributed by atoms with Gasteiger partial charge in [0.1, 0.15) is 29.3 Å². The summed E-state index contributed by atoms with van der Waals surface area (Å²) in [6.45, 7) is 0. The van der Waals surface area contributed by atoms with Gasteiger partial charge in [0.2, 0.25) is 0 Å². The van der Waals surface area contributed by atoms with E-state index in [0.29, 0.717) is 17.1 Å². The number of hydrogen-bond donors (Lipinski definition) is 2. The molecule has 0 radical (unpaired) electrons. The molecule has 132 valence electrons. The highest BCUT2D eigenvalue weighted by molar-refractivity contribution is 7.84. The van der Waals surface area contributed by atoms with Gasteiger partial charge in [-0.05, 0) is 30.3 Å². The summed E-state index contributed by atoms with van der Waals surface area (Å²) in [6, 6.07) is 16.6. The highest BCUT2D eigenvalue weighted by atomic mass is 32.1. The predicted octanol–water partition coefficient (Wildman–Crippen LogP) is 3.00. The summed E-state index contributed by atoms with van der Waals surface area (Å²) in [5.41, 5.74) is 1.42. The molecule has 2 aromatic rings. The lowest BCUT2D eigenvalue weighted by Gasteiger charge is -2.38. The largest absolute Gasteiger partial charge is 0.497 e. The summed E-state index contributed by atoms with van der Waals surface area (Å²) in [5, 5.41) is 12.5. The Bertz CT molecular complexity index is 906. The molecule has 1 heterocycles. The molecule has 7 heteroatoms. The van der Waals surface area contributed by atoms with E-state index in [0.717, 1.165) is 5.69 Å². The van der Waals surface area contributed by atoms with Crippen molar-refractivity contribution in [3.63, 3.8) is 0 Å². The molecule has 1 aliphatic heterocycles. The van der Waals surface area contributed by atoms with Gasteiger partial charge in [0.25, 0.3) is 5.91 Å². The number of nitrogens with zero attached hydrogens (tertiary/aromatic N) is 2. The van der Waals surface area contributed by atoms with Gasteiger partial charge in [-0.15, -0.1) is 12.6 Å². The minimum Gasteiger partial charge on any atom is -0.497 e. The van der Waals surface area contributed by atoms with Gasteiger partial charge >= 0.3 is 0 Å². The van der Waals surface area contributed by atoms with Crippen molar-refractivity contribution in [1.29, 1.82) is 5.26 Å². The number of carbonyl (C=O) groups excluding carboxylic acids is 1. The molecule has 0 aromatic heterocycles. The van der Waals surface area contributed by atoms with Crippen LogP contribution >= 0.6 is 12.6 Å². The minimum absolute atomic E-state index is 0.0460. The Morgan fingerprint density at radius 2 is 1.88 bits per heavy atom. The lowest BCUT2D eigenvalue weighted by atomic mass is 10.1. The SMILES string of the molecule is COc1ccc(OC)c([C@H]2NC(=O)C(C#N)=C(S)N2c2ccccc2)c1. The third kappa shape index (κ3) is 3.07. The first-order chi connectivity index (χ1) is 12.6. The first kappa shape index (κ1) is 17.7. The molecule has 1 amide bonds. The van der Waals surface area contributed by atoms with Gasteiger partial charge in [0, 0.05) is 11.3 Å². The van der Waals surface area contributed by atoms with Crippen molar-refractivity contribution in [2.75, 3.05) is 19.1 Å². The van der Waals surface area contributed by atoms with E-state index in [1.165, 1.54) is 0 Å². The molecule has 1 aliphatic rings. The molecular weight excluding hydrogens is 350 g/mol. The summed E-state index contributed by atoms with van der Waals surface area (Å²) in [5.74, 6) is 0.719. The molecule has 0 aliphatic carbocycles. The molecule has 26 heavy (non-hydrogen) atoms. The first-order valence-electron chi connectivity index (χ1n) is 7.81. The molecule has 3 rings (SSSR count). The molecule has 6 nitrogen and oxygen atoms in total. The fourth-order valence-corrected chi connectivity index (χ4v) is 3.22. The number of carbonyl (C=O) groups is 1. The Kier molecular flexibility index (Phi) is 5.05. The maximum absolute atomic E-state index is 12.4. The van der Waals surface area contributed by atoms with E-state index in [1.54, 1.807) is 37.3 Å². The smallest absolute Gasteiger partial charge is 0.266 e. The Hall–Kier alpha value is -3.11. The van der Waals surface area contributed by atoms with Gasteiger partial charge in [-0.1, -0.05) is 18.2 Å². The van der Waals surface area contributed by atoms with Crippen molar-refractivity contribution in [2.24, 2.45) is 0 Å². The van der Waals surface area contributed by atoms with Gasteiger partial charge in [0.15, 0.2) is 0 Å². The van der Waals surface area contributed by atoms with Gasteiger partial charge in [-0.3, -0.25) is 4.79 Å². The summed E-state index contributed by atoms with van der Waals surface area (Å²) in [6.07, 6.45) is -0.612. The van der Waals surface area contributed by atoms with Crippen molar-refractivity contribution in [3.05, 3.63) is 64.7 Å². The van der Waals surface area contributed by atoms with E-state index in [-0.39, 0.29) is 10.6 Å². The Balaban J connectivity index is 2.21. The van der Waals surface area contributed by atoms with Crippen molar-refractivity contribution in [1.82, 2.24) is 5.32 Å². The zero-order valence-corrected chi connectivity index (χ0v) is 15.2. The average Bonchev–Trinajstić information content (AvgIpc) is 2.68. The Labute approximate surface area is 157 Å². The fraction of sp³-hybridized carbons (Fsp3) is 0.158. The zero-order valence-electron chi connectivity index (χ0n) is 14.3. The van der Waals surface area contributed by atoms with E-state index < -0.39 is 12.1 Å². The van der Waals surface area contributed by atoms with Crippen LogP contribution in [0.1, 0.15) is 11.7 Å². The van der Waals surface area contributed by atoms with Crippen molar-refractivity contribution < 1.29 is 14.3 Å². The number of para-hydroxylation sites is 1. The van der Waals surface area contributed by atoms with Crippen LogP contribution in [-0.2, 0) is 4.79 Å². The van der Waals surface area contributed by atoms with Crippen molar-refractivity contribution in [2.45, 2.75) is 6.17 Å². The van der Waals surface area contributed by atoms with E-state index >= 15 is 0 Å². The molecule has 0 saturated heterocycles. The molecule has 0 spiro atoms. The summed E-state index contributed by atoms with van der Waals surface area (Å²) in [7, 11) is 3.12. The minimum atomic E-state index is -0.612. The summed E-state index contributed by atoms with van der Waals surface area (Å²) in [4.78, 5) is 14.2. The average molecular weight is 367 g/mol. The van der Waals surface area contributed by atoms with Crippen LogP contribution < -0.4 is 19.7 Å². The summed E-state index contributed by atoms with van der Waals surface area (Å²) >= 11 is 4.47. The highest BCUT2D eigenvalue weighted by Crippen LogP contribution is 2.39. The molecule has 0 unspecified atom stereocenters. The van der Waals surface area contributed by atoms with Gasteiger partial charge in [-0.2, -0.15) is 5.26 Å². The van der Waals surface area contributed by atoms with E-state index in [9.17, 15) is 10.1 Å². The van der Waals surface area contributed by atoms with Gasteiger partial charge in [-0.25, -0.2) is 0 Å². The lowest BCUT2D eigenvalue weighted by molar-refractivity contribution is -0.118. The third-order valence-electron chi connectivity index (χ3n) is 4.08. The molecule has 2 aromatic carbocycles. The Morgan fingerprint density at radius 3 is 2.50 bits per heavy atom. The van der Waals surface area contributed by atoms with Crippen LogP contribution in [0.25, 0.3) is 0 Å². The normalized spacial score (nSPS) is 16.8. The second-order valence-corrected chi connectivity index (χ2v) is 5.92. The topological polar surface area (TPSA) is 74.6 Å². The van der Waals surface area contributed by atoms with Gasteiger partial charge in [0.05, 0.1) is 19.2 Å². The Morgan fingerprint density at radius 1 is 1.15 bits per heavy atom. The molecule has 0 saturated carbocycles. The van der Waals surface area contributed by atoms with Crippen LogP contribution in [0.4, 0.5) is 5.69 Å². The number of nitrogens with one attached hydrogen (secondary N) is 1. The van der Waals surface area contributed by atoms with Crippen LogP contribution in [0.5, 0.6) is 11.5 Å². The van der Waals surface area contributed by atoms with E-state index in [1.807, 2.05) is 36.4 Å². The van der Waals surface area contributed by atoms with Crippen molar-refractivity contribution >= 4 is 24.2 Å². The molecule has 1 atom stereocenters. The van der Waals surface area contributed by atoms with Crippen molar-refractivity contribution in [3.8, 4) is 17.6 Å². The maximum Gasteiger partial charge on any atom is 0.266 e. The number of methoxy groups -OCH3 is 2. The summed E-state index contributed by atoms with van der Waals surface area (Å²) < 4.78 is 10.8. The number of hydrogen-bond acceptors (Lipinski definition) is 6. The molecular formula is C19H17N3O3S. The monoisotopic (exact) mass is 367 g/mol. The lowest BCUT2D eigenvalue weighted by Crippen LogP contribution is -2.46. The van der Waals surface area contributed by atoms with E-state index in [2.05, 4.69) is 17.9 Å². The van der Waals surface area contributed by atoms with E-state index in [4.69, 9.17) is 9.47 Å². The number of rotatable bonds is 4. The zero-order chi connectivity index (χ0) is 18.7. The highest BCUT2D eigenvalue weighted by Gasteiger charge is 2.35. The number of ether oxygens (including phenoxy) is 2. The number of anilines is 1. The van der Waals surface area contributed by atoms with Crippen LogP contribution in [0.3, 0.4) is 0 Å². The third-order valence-corrected chi connectivity index (χ3v) is 4.52. The predicted molar refractivity (Wildman–Crippen MR) is 101 cm³/mol. The molecule has 0 bridgehead atoms. The second kappa shape index (κ2) is 7.42. The maximum atomic E-state index is 12.4. The van der Waals surface area contributed by atoms with Crippen LogP contribution in [-0.4, -0.2) is 20.1 Å². The fourth-order valence-electron chi connectivity index (χ4n) is 2.84. The van der Waals surface area contributed by atoms with Gasteiger partial charge < -0.3 is 19.7 Å². The van der Waals surface area contributed by atoms with Crippen LogP contribution in [0.2, 0.25) is 0 Å². The number of nitriles is 1. The quantitative estimate of drug-likeness (QED) is 0.813. The number of benzene rings is 2. The number of thiol groups is 1. The standard InChI is InChI=1S/C19H17N3O3S/c1-24-13-8-9-16(25-2)14(10-13)17-21-18(23)15(11-20)19(26)22(17)12-6-4-3-5-7-12/h3-10,17,26H,1-2H3,(H,21,23)/t17-/m0/s1. The number of amides is 1. The molecule has 1 N–H and O–H groups in total. The molecule has 0 fully saturated rings. The second-order valence-electron chi connectivity index (χ2n) is 5.50. The first-order valence-corrected chi connectivity index (χ1v) is 8.25.